The number of rotatable bonds is 9. The van der Waals surface area contributed by atoms with E-state index in [4.69, 9.17) is 14.2 Å². The van der Waals surface area contributed by atoms with Crippen LogP contribution in [0.1, 0.15) is 36.5 Å². The summed E-state index contributed by atoms with van der Waals surface area (Å²) in [7, 11) is -2.35. The topological polar surface area (TPSA) is 99.6 Å². The van der Waals surface area contributed by atoms with Crippen molar-refractivity contribution in [2.24, 2.45) is 0 Å². The lowest BCUT2D eigenvalue weighted by atomic mass is 9.72. The molecule has 0 fully saturated rings. The number of nitrogens with one attached hydrogen (secondary N) is 1. The molecule has 0 spiro atoms. The molecular formula is C25H28FN3O5S. The molecule has 0 bridgehead atoms. The molecule has 0 saturated carbocycles. The Kier molecular flexibility index (Phi) is 7.23. The summed E-state index contributed by atoms with van der Waals surface area (Å²) in [4.78, 5) is 7.32. The van der Waals surface area contributed by atoms with E-state index in [0.29, 0.717) is 32.0 Å². The van der Waals surface area contributed by atoms with Crippen LogP contribution >= 0.6 is 0 Å². The monoisotopic (exact) mass is 501 g/mol. The summed E-state index contributed by atoms with van der Waals surface area (Å²) in [6.07, 6.45) is 3.25. The minimum Gasteiger partial charge on any atom is -0.493 e. The summed E-state index contributed by atoms with van der Waals surface area (Å²) in [6.45, 7) is 5.68. The molecule has 1 atom stereocenters. The number of halogens is 1. The zero-order chi connectivity index (χ0) is 25.1. The van der Waals surface area contributed by atoms with Crippen LogP contribution in [0.5, 0.6) is 11.5 Å². The maximum atomic E-state index is 13.1. The number of sulfonamides is 1. The molecule has 0 radical (unpaired) electrons. The normalized spacial score (nSPS) is 17.4. The Hall–Kier alpha value is -3.24. The lowest BCUT2D eigenvalue weighted by Crippen LogP contribution is -2.32. The van der Waals surface area contributed by atoms with Gasteiger partial charge in [0.15, 0.2) is 5.82 Å². The van der Waals surface area contributed by atoms with Crippen LogP contribution in [0.4, 0.5) is 10.3 Å². The number of anilines is 1. The van der Waals surface area contributed by atoms with E-state index in [1.54, 1.807) is 13.2 Å². The highest BCUT2D eigenvalue weighted by atomic mass is 32.2. The predicted molar refractivity (Wildman–Crippen MR) is 129 cm³/mol. The van der Waals surface area contributed by atoms with Crippen LogP contribution in [0.2, 0.25) is 0 Å². The van der Waals surface area contributed by atoms with Gasteiger partial charge in [-0.05, 0) is 31.0 Å². The summed E-state index contributed by atoms with van der Waals surface area (Å²) in [6, 6.07) is 10.9. The van der Waals surface area contributed by atoms with Crippen LogP contribution in [0.25, 0.3) is 0 Å². The molecule has 1 aromatic heterocycles. The van der Waals surface area contributed by atoms with Crippen molar-refractivity contribution < 1.29 is 27.0 Å². The Balaban J connectivity index is 1.66. The van der Waals surface area contributed by atoms with Gasteiger partial charge >= 0.3 is 0 Å². The number of hydrogen-bond acceptors (Lipinski definition) is 7. The molecule has 10 heteroatoms. The fourth-order valence-corrected chi connectivity index (χ4v) is 5.13. The smallest absolute Gasteiger partial charge is 0.264 e. The third kappa shape index (κ3) is 5.38. The third-order valence-corrected chi connectivity index (χ3v) is 7.37. The second-order valence-corrected chi connectivity index (χ2v) is 10.3. The maximum Gasteiger partial charge on any atom is 0.264 e. The zero-order valence-corrected chi connectivity index (χ0v) is 20.7. The average Bonchev–Trinajstić information content (AvgIpc) is 2.83. The lowest BCUT2D eigenvalue weighted by molar-refractivity contribution is 0.170. The Morgan fingerprint density at radius 2 is 1.86 bits per heavy atom. The first kappa shape index (κ1) is 24.9. The zero-order valence-electron chi connectivity index (χ0n) is 19.9. The van der Waals surface area contributed by atoms with Crippen molar-refractivity contribution in [1.82, 2.24) is 9.97 Å². The number of fused-ring (bicyclic) bond motifs is 1. The molecule has 4 rings (SSSR count). The summed E-state index contributed by atoms with van der Waals surface area (Å²) >= 11 is 0. The fraction of sp³-hybridized carbons (Fsp3) is 0.360. The van der Waals surface area contributed by atoms with E-state index in [0.717, 1.165) is 41.3 Å². The molecular weight excluding hydrogens is 473 g/mol. The number of methoxy groups -OCH3 is 1. The first-order valence-corrected chi connectivity index (χ1v) is 12.7. The molecule has 2 aromatic carbocycles. The van der Waals surface area contributed by atoms with Crippen molar-refractivity contribution in [3.05, 3.63) is 71.3 Å². The number of benzene rings is 2. The number of nitrogens with zero attached hydrogens (tertiary/aromatic N) is 2. The first-order valence-electron chi connectivity index (χ1n) is 11.2. The van der Waals surface area contributed by atoms with Crippen LogP contribution in [0.15, 0.2) is 53.7 Å². The van der Waals surface area contributed by atoms with E-state index < -0.39 is 21.3 Å². The molecule has 2 heterocycles. The largest absolute Gasteiger partial charge is 0.493 e. The molecule has 186 valence electrons. The summed E-state index contributed by atoms with van der Waals surface area (Å²) in [5.41, 5.74) is 2.51. The number of aryl methyl sites for hydroxylation is 1. The van der Waals surface area contributed by atoms with Gasteiger partial charge in [0.05, 0.1) is 30.5 Å². The van der Waals surface area contributed by atoms with Gasteiger partial charge in [-0.3, -0.25) is 0 Å². The van der Waals surface area contributed by atoms with Crippen LogP contribution < -0.4 is 14.2 Å². The summed E-state index contributed by atoms with van der Waals surface area (Å²) in [5.74, 6) is 0.396. The van der Waals surface area contributed by atoms with E-state index >= 15 is 0 Å². The number of aromatic nitrogens is 2. The molecule has 1 aliphatic heterocycles. The van der Waals surface area contributed by atoms with Gasteiger partial charge in [0, 0.05) is 42.7 Å². The van der Waals surface area contributed by atoms with E-state index in [2.05, 4.69) is 27.7 Å². The van der Waals surface area contributed by atoms with Gasteiger partial charge in [0.25, 0.3) is 10.0 Å². The molecule has 0 amide bonds. The summed E-state index contributed by atoms with van der Waals surface area (Å²) < 4.78 is 58.3. The first-order chi connectivity index (χ1) is 16.7. The highest BCUT2D eigenvalue weighted by Gasteiger charge is 2.38. The quantitative estimate of drug-likeness (QED) is 0.438. The van der Waals surface area contributed by atoms with Gasteiger partial charge in [-0.15, -0.1) is 0 Å². The standard InChI is InChI=1S/C25H28FN3O5S/c1-17-5-7-20(22(13-17)33-11-4-10-32-3)25(2)9-12-34-23-14-19(6-8-21(23)25)35(30,31)29-24-27-15-18(26)16-28-24/h5-8,13-16H,4,9-12H2,1-3H3,(H,27,28,29)/t25-/m0/s1. The van der Waals surface area contributed by atoms with Gasteiger partial charge in [-0.25, -0.2) is 27.5 Å². The Morgan fingerprint density at radius 3 is 2.60 bits per heavy atom. The van der Waals surface area contributed by atoms with Gasteiger partial charge in [-0.1, -0.05) is 25.1 Å². The van der Waals surface area contributed by atoms with Crippen molar-refractivity contribution in [3.63, 3.8) is 0 Å². The van der Waals surface area contributed by atoms with Crippen molar-refractivity contribution in [1.29, 1.82) is 0 Å². The van der Waals surface area contributed by atoms with E-state index in [1.165, 1.54) is 12.1 Å². The van der Waals surface area contributed by atoms with Gasteiger partial charge in [0.2, 0.25) is 5.95 Å². The van der Waals surface area contributed by atoms with Crippen LogP contribution in [-0.4, -0.2) is 45.3 Å². The minimum absolute atomic E-state index is 0.00614. The van der Waals surface area contributed by atoms with Crippen molar-refractivity contribution in [2.75, 3.05) is 31.7 Å². The van der Waals surface area contributed by atoms with Crippen LogP contribution in [0.3, 0.4) is 0 Å². The van der Waals surface area contributed by atoms with Gasteiger partial charge < -0.3 is 14.2 Å². The van der Waals surface area contributed by atoms with Crippen LogP contribution in [0, 0.1) is 12.7 Å². The number of ether oxygens (including phenoxy) is 3. The molecule has 0 unspecified atom stereocenters. The van der Waals surface area contributed by atoms with Crippen molar-refractivity contribution in [3.8, 4) is 11.5 Å². The SMILES string of the molecule is COCCCOc1cc(C)ccc1[C@]1(C)CCOc2cc(S(=O)(=O)Nc3ncc(F)cn3)ccc21. The molecule has 8 nitrogen and oxygen atoms in total. The second kappa shape index (κ2) is 10.2. The Morgan fingerprint density at radius 1 is 1.11 bits per heavy atom. The highest BCUT2D eigenvalue weighted by Crippen LogP contribution is 2.47. The fourth-order valence-electron chi connectivity index (χ4n) is 4.16. The van der Waals surface area contributed by atoms with Gasteiger partial charge in [-0.2, -0.15) is 0 Å². The van der Waals surface area contributed by atoms with Crippen LogP contribution in [-0.2, 0) is 20.2 Å². The second-order valence-electron chi connectivity index (χ2n) is 8.61. The molecule has 0 aliphatic carbocycles. The average molecular weight is 502 g/mol. The van der Waals surface area contributed by atoms with Crippen molar-refractivity contribution in [2.45, 2.75) is 37.0 Å². The molecule has 1 aliphatic rings. The number of hydrogen-bond donors (Lipinski definition) is 1. The van der Waals surface area contributed by atoms with E-state index in [-0.39, 0.29) is 10.8 Å². The highest BCUT2D eigenvalue weighted by molar-refractivity contribution is 7.92. The molecule has 1 N–H and O–H groups in total. The Bertz CT molecular complexity index is 1300. The van der Waals surface area contributed by atoms with Gasteiger partial charge in [0.1, 0.15) is 11.5 Å². The predicted octanol–water partition coefficient (Wildman–Crippen LogP) is 4.23. The van der Waals surface area contributed by atoms with E-state index in [1.807, 2.05) is 19.1 Å². The third-order valence-electron chi connectivity index (χ3n) is 6.05. The molecule has 3 aromatic rings. The molecule has 0 saturated heterocycles. The summed E-state index contributed by atoms with van der Waals surface area (Å²) in [5, 5.41) is 0. The molecule has 35 heavy (non-hydrogen) atoms. The minimum atomic E-state index is -4.01. The Labute approximate surface area is 204 Å². The lowest BCUT2D eigenvalue weighted by Gasteiger charge is -2.37. The maximum absolute atomic E-state index is 13.1. The van der Waals surface area contributed by atoms with Crippen molar-refractivity contribution >= 4 is 16.0 Å². The van der Waals surface area contributed by atoms with E-state index in [9.17, 15) is 12.8 Å².